The number of benzene rings is 2. The van der Waals surface area contributed by atoms with Crippen LogP contribution in [0, 0.1) is 0 Å². The maximum absolute atomic E-state index is 6.16. The summed E-state index contributed by atoms with van der Waals surface area (Å²) in [5.74, 6) is 0. The van der Waals surface area contributed by atoms with Crippen LogP contribution in [0.15, 0.2) is 42.5 Å². The summed E-state index contributed by atoms with van der Waals surface area (Å²) in [4.78, 5) is 0. The molecule has 0 amide bonds. The molecule has 2 aromatic carbocycles. The summed E-state index contributed by atoms with van der Waals surface area (Å²) in [5.41, 5.74) is 8.49. The van der Waals surface area contributed by atoms with Gasteiger partial charge in [-0.2, -0.15) is 0 Å². The second-order valence-electron chi connectivity index (χ2n) is 4.21. The van der Waals surface area contributed by atoms with Crippen LogP contribution in [0.5, 0.6) is 0 Å². The second-order valence-corrected chi connectivity index (χ2v) is 5.03. The summed E-state index contributed by atoms with van der Waals surface area (Å²) in [6, 6.07) is 13.4. The van der Waals surface area contributed by atoms with E-state index >= 15 is 0 Å². The highest BCUT2D eigenvalue weighted by Gasteiger charge is 2.03. The van der Waals surface area contributed by atoms with E-state index in [0.29, 0.717) is 29.8 Å². The minimum Gasteiger partial charge on any atom is -0.372 e. The first-order valence-electron chi connectivity index (χ1n) is 5.99. The molecular formula is C15H15Cl2NO. The van der Waals surface area contributed by atoms with Gasteiger partial charge in [-0.25, -0.2) is 0 Å². The van der Waals surface area contributed by atoms with E-state index in [1.807, 2.05) is 42.5 Å². The van der Waals surface area contributed by atoms with Crippen molar-refractivity contribution in [1.29, 1.82) is 0 Å². The van der Waals surface area contributed by atoms with Gasteiger partial charge in [0.25, 0.3) is 0 Å². The molecule has 2 N–H and O–H groups in total. The molecule has 0 aromatic heterocycles. The minimum absolute atomic E-state index is 0.453. The molecular weight excluding hydrogens is 281 g/mol. The lowest BCUT2D eigenvalue weighted by molar-refractivity contribution is 0.107. The van der Waals surface area contributed by atoms with Crippen LogP contribution in [0.25, 0.3) is 0 Å². The molecule has 0 aliphatic rings. The van der Waals surface area contributed by atoms with Crippen molar-refractivity contribution in [1.82, 2.24) is 0 Å². The molecule has 19 heavy (non-hydrogen) atoms. The van der Waals surface area contributed by atoms with Crippen molar-refractivity contribution in [2.24, 2.45) is 5.73 Å². The number of hydrogen-bond acceptors (Lipinski definition) is 2. The van der Waals surface area contributed by atoms with Crippen LogP contribution in [0.1, 0.15) is 16.7 Å². The predicted molar refractivity (Wildman–Crippen MR) is 79.3 cm³/mol. The van der Waals surface area contributed by atoms with Gasteiger partial charge in [-0.05, 0) is 28.8 Å². The fourth-order valence-corrected chi connectivity index (χ4v) is 2.17. The van der Waals surface area contributed by atoms with Gasteiger partial charge in [0, 0.05) is 16.6 Å². The van der Waals surface area contributed by atoms with E-state index in [-0.39, 0.29) is 0 Å². The third kappa shape index (κ3) is 3.95. The summed E-state index contributed by atoms with van der Waals surface area (Å²) >= 11 is 12.2. The molecule has 0 bridgehead atoms. The maximum atomic E-state index is 6.16. The Morgan fingerprint density at radius 3 is 2.21 bits per heavy atom. The Kier molecular flexibility index (Phi) is 5.23. The Labute approximate surface area is 123 Å². The van der Waals surface area contributed by atoms with E-state index in [9.17, 15) is 0 Å². The molecule has 0 heterocycles. The summed E-state index contributed by atoms with van der Waals surface area (Å²) in [6.07, 6.45) is 0. The fourth-order valence-electron chi connectivity index (χ4n) is 1.72. The van der Waals surface area contributed by atoms with Gasteiger partial charge >= 0.3 is 0 Å². The van der Waals surface area contributed by atoms with Crippen LogP contribution < -0.4 is 5.73 Å². The quantitative estimate of drug-likeness (QED) is 0.898. The molecule has 2 nitrogen and oxygen atoms in total. The van der Waals surface area contributed by atoms with Crippen molar-refractivity contribution in [3.05, 3.63) is 69.2 Å². The number of rotatable bonds is 5. The van der Waals surface area contributed by atoms with Gasteiger partial charge in [0.2, 0.25) is 0 Å². The van der Waals surface area contributed by atoms with Crippen LogP contribution in [0.3, 0.4) is 0 Å². The lowest BCUT2D eigenvalue weighted by Crippen LogP contribution is -1.99. The minimum atomic E-state index is 0.453. The first-order chi connectivity index (χ1) is 9.20. The molecule has 0 saturated heterocycles. The summed E-state index contributed by atoms with van der Waals surface area (Å²) in [7, 11) is 0. The van der Waals surface area contributed by atoms with Gasteiger partial charge < -0.3 is 10.5 Å². The van der Waals surface area contributed by atoms with Gasteiger partial charge in [0.1, 0.15) is 0 Å². The molecule has 0 aliphatic carbocycles. The molecule has 2 aromatic rings. The predicted octanol–water partition coefficient (Wildman–Crippen LogP) is 4.17. The lowest BCUT2D eigenvalue weighted by atomic mass is 10.1. The normalized spacial score (nSPS) is 10.7. The summed E-state index contributed by atoms with van der Waals surface area (Å²) < 4.78 is 5.64. The van der Waals surface area contributed by atoms with Crippen molar-refractivity contribution in [2.45, 2.75) is 19.8 Å². The highest BCUT2D eigenvalue weighted by molar-refractivity contribution is 6.31. The molecule has 0 atom stereocenters. The van der Waals surface area contributed by atoms with E-state index in [4.69, 9.17) is 33.7 Å². The lowest BCUT2D eigenvalue weighted by Gasteiger charge is -2.08. The Bertz CT molecular complexity index is 558. The Hall–Kier alpha value is -1.06. The molecule has 100 valence electrons. The monoisotopic (exact) mass is 295 g/mol. The number of halogens is 2. The SMILES string of the molecule is NCc1ccc(COCc2ccccc2Cl)c(Cl)c1. The van der Waals surface area contributed by atoms with Crippen LogP contribution in [0.2, 0.25) is 10.0 Å². The van der Waals surface area contributed by atoms with Gasteiger partial charge in [-0.15, -0.1) is 0 Å². The fraction of sp³-hybridized carbons (Fsp3) is 0.200. The zero-order chi connectivity index (χ0) is 13.7. The summed E-state index contributed by atoms with van der Waals surface area (Å²) in [5, 5.41) is 1.40. The van der Waals surface area contributed by atoms with E-state index in [1.165, 1.54) is 0 Å². The van der Waals surface area contributed by atoms with Gasteiger partial charge in [0.05, 0.1) is 13.2 Å². The van der Waals surface area contributed by atoms with Gasteiger partial charge in [0.15, 0.2) is 0 Å². The van der Waals surface area contributed by atoms with E-state index in [2.05, 4.69) is 0 Å². The van der Waals surface area contributed by atoms with Gasteiger partial charge in [-0.3, -0.25) is 0 Å². The first-order valence-corrected chi connectivity index (χ1v) is 6.75. The number of hydrogen-bond donors (Lipinski definition) is 1. The molecule has 0 aliphatic heterocycles. The molecule has 0 unspecified atom stereocenters. The second kappa shape index (κ2) is 6.92. The third-order valence-corrected chi connectivity index (χ3v) is 3.55. The molecule has 0 spiro atoms. The molecule has 0 fully saturated rings. The standard InChI is InChI=1S/C15H15Cl2NO/c16-14-4-2-1-3-12(14)9-19-10-13-6-5-11(8-18)7-15(13)17/h1-7H,8-10,18H2. The Balaban J connectivity index is 1.94. The molecule has 2 rings (SSSR count). The number of nitrogens with two attached hydrogens (primary N) is 1. The third-order valence-electron chi connectivity index (χ3n) is 2.83. The smallest absolute Gasteiger partial charge is 0.0735 e. The Morgan fingerprint density at radius 1 is 0.895 bits per heavy atom. The highest BCUT2D eigenvalue weighted by Crippen LogP contribution is 2.20. The zero-order valence-corrected chi connectivity index (χ0v) is 11.9. The summed E-state index contributed by atoms with van der Waals surface area (Å²) in [6.45, 7) is 1.41. The largest absolute Gasteiger partial charge is 0.372 e. The average Bonchev–Trinajstić information content (AvgIpc) is 2.42. The highest BCUT2D eigenvalue weighted by atomic mass is 35.5. The Morgan fingerprint density at radius 2 is 1.58 bits per heavy atom. The topological polar surface area (TPSA) is 35.2 Å². The van der Waals surface area contributed by atoms with Crippen molar-refractivity contribution in [3.63, 3.8) is 0 Å². The number of ether oxygens (including phenoxy) is 1. The first kappa shape index (κ1) is 14.4. The molecule has 4 heteroatoms. The maximum Gasteiger partial charge on any atom is 0.0735 e. The zero-order valence-electron chi connectivity index (χ0n) is 10.4. The molecule has 0 saturated carbocycles. The van der Waals surface area contributed by atoms with Crippen LogP contribution in [0.4, 0.5) is 0 Å². The van der Waals surface area contributed by atoms with E-state index in [0.717, 1.165) is 16.7 Å². The van der Waals surface area contributed by atoms with Gasteiger partial charge in [-0.1, -0.05) is 53.5 Å². The van der Waals surface area contributed by atoms with E-state index < -0.39 is 0 Å². The van der Waals surface area contributed by atoms with Crippen LogP contribution >= 0.6 is 23.2 Å². The van der Waals surface area contributed by atoms with Crippen molar-refractivity contribution in [2.75, 3.05) is 0 Å². The van der Waals surface area contributed by atoms with Crippen molar-refractivity contribution >= 4 is 23.2 Å². The van der Waals surface area contributed by atoms with Crippen molar-refractivity contribution in [3.8, 4) is 0 Å². The van der Waals surface area contributed by atoms with Crippen molar-refractivity contribution < 1.29 is 4.74 Å². The van der Waals surface area contributed by atoms with Crippen LogP contribution in [-0.2, 0) is 24.5 Å². The average molecular weight is 296 g/mol. The molecule has 0 radical (unpaired) electrons. The van der Waals surface area contributed by atoms with Crippen LogP contribution in [-0.4, -0.2) is 0 Å². The van der Waals surface area contributed by atoms with E-state index in [1.54, 1.807) is 0 Å².